The molecule has 0 aliphatic carbocycles. The second-order valence-corrected chi connectivity index (χ2v) is 5.20. The number of pyridine rings is 1. The third-order valence-corrected chi connectivity index (χ3v) is 3.58. The van der Waals surface area contributed by atoms with Crippen LogP contribution in [-0.4, -0.2) is 25.7 Å². The van der Waals surface area contributed by atoms with Crippen LogP contribution in [0.3, 0.4) is 0 Å². The van der Waals surface area contributed by atoms with Gasteiger partial charge >= 0.3 is 0 Å². The predicted octanol–water partition coefficient (Wildman–Crippen LogP) is 2.69. The van der Waals surface area contributed by atoms with E-state index >= 15 is 0 Å². The molecule has 2 aromatic heterocycles. The van der Waals surface area contributed by atoms with Gasteiger partial charge in [0.2, 0.25) is 0 Å². The Hall–Kier alpha value is -3.02. The van der Waals surface area contributed by atoms with E-state index in [0.717, 1.165) is 23.4 Å². The van der Waals surface area contributed by atoms with Crippen molar-refractivity contribution >= 4 is 11.6 Å². The highest BCUT2D eigenvalue weighted by molar-refractivity contribution is 6.03. The van der Waals surface area contributed by atoms with Crippen molar-refractivity contribution in [3.8, 4) is 11.4 Å². The number of benzene rings is 1. The van der Waals surface area contributed by atoms with E-state index in [4.69, 9.17) is 0 Å². The van der Waals surface area contributed by atoms with Gasteiger partial charge in [-0.1, -0.05) is 6.92 Å². The van der Waals surface area contributed by atoms with Crippen molar-refractivity contribution in [3.63, 3.8) is 0 Å². The fraction of sp³-hybridized carbons (Fsp3) is 0.176. The van der Waals surface area contributed by atoms with Crippen molar-refractivity contribution < 1.29 is 4.79 Å². The highest BCUT2D eigenvalue weighted by Gasteiger charge is 2.09. The summed E-state index contributed by atoms with van der Waals surface area (Å²) < 4.78 is 1.84. The molecule has 0 bridgehead atoms. The summed E-state index contributed by atoms with van der Waals surface area (Å²) in [6.07, 6.45) is 4.18. The number of carbonyl (C=O) groups excluding carboxylic acids is 1. The summed E-state index contributed by atoms with van der Waals surface area (Å²) in [5, 5.41) is 10.8. The minimum atomic E-state index is -0.216. The van der Waals surface area contributed by atoms with Crippen molar-refractivity contribution in [1.29, 1.82) is 0 Å². The second kappa shape index (κ2) is 6.39. The van der Waals surface area contributed by atoms with Gasteiger partial charge in [-0.3, -0.25) is 9.78 Å². The summed E-state index contributed by atoms with van der Waals surface area (Å²) in [5.41, 5.74) is 3.16. The molecule has 0 saturated carbocycles. The molecule has 1 N–H and O–H groups in total. The zero-order valence-corrected chi connectivity index (χ0v) is 13.0. The van der Waals surface area contributed by atoms with Crippen LogP contribution >= 0.6 is 0 Å². The maximum atomic E-state index is 12.2. The number of rotatable bonds is 4. The summed E-state index contributed by atoms with van der Waals surface area (Å²) in [6, 6.07) is 11.2. The normalized spacial score (nSPS) is 10.5. The number of nitrogens with zero attached hydrogens (tertiary/aromatic N) is 4. The molecule has 3 rings (SSSR count). The fourth-order valence-corrected chi connectivity index (χ4v) is 2.26. The molecule has 0 atom stereocenters. The SMILES string of the molecule is CCc1ccnc(C(=O)Nc2ccc(-c3nncn3C)cc2)c1. The van der Waals surface area contributed by atoms with E-state index < -0.39 is 0 Å². The molecule has 23 heavy (non-hydrogen) atoms. The highest BCUT2D eigenvalue weighted by Crippen LogP contribution is 2.19. The second-order valence-electron chi connectivity index (χ2n) is 5.20. The summed E-state index contributed by atoms with van der Waals surface area (Å²) in [4.78, 5) is 16.4. The first kappa shape index (κ1) is 14.9. The van der Waals surface area contributed by atoms with Gasteiger partial charge in [-0.05, 0) is 48.4 Å². The van der Waals surface area contributed by atoms with E-state index in [1.807, 2.05) is 54.9 Å². The summed E-state index contributed by atoms with van der Waals surface area (Å²) in [6.45, 7) is 2.04. The van der Waals surface area contributed by atoms with Gasteiger partial charge in [0.05, 0.1) is 0 Å². The topological polar surface area (TPSA) is 72.7 Å². The first-order valence-electron chi connectivity index (χ1n) is 7.38. The maximum absolute atomic E-state index is 12.2. The quantitative estimate of drug-likeness (QED) is 0.804. The molecule has 3 aromatic rings. The van der Waals surface area contributed by atoms with Gasteiger partial charge < -0.3 is 9.88 Å². The lowest BCUT2D eigenvalue weighted by Crippen LogP contribution is -2.13. The molecule has 0 unspecified atom stereocenters. The van der Waals surface area contributed by atoms with Gasteiger partial charge in [-0.2, -0.15) is 0 Å². The molecule has 2 heterocycles. The lowest BCUT2D eigenvalue weighted by atomic mass is 10.1. The Morgan fingerprint density at radius 3 is 2.65 bits per heavy atom. The number of hydrogen-bond donors (Lipinski definition) is 1. The lowest BCUT2D eigenvalue weighted by molar-refractivity contribution is 0.102. The number of carbonyl (C=O) groups is 1. The van der Waals surface area contributed by atoms with Gasteiger partial charge in [-0.15, -0.1) is 10.2 Å². The van der Waals surface area contributed by atoms with E-state index in [1.54, 1.807) is 12.5 Å². The molecule has 0 fully saturated rings. The van der Waals surface area contributed by atoms with Gasteiger partial charge in [0, 0.05) is 24.5 Å². The zero-order valence-electron chi connectivity index (χ0n) is 13.0. The van der Waals surface area contributed by atoms with E-state index in [0.29, 0.717) is 11.4 Å². The highest BCUT2D eigenvalue weighted by atomic mass is 16.1. The number of nitrogens with one attached hydrogen (secondary N) is 1. The van der Waals surface area contributed by atoms with Crippen molar-refractivity contribution in [2.45, 2.75) is 13.3 Å². The van der Waals surface area contributed by atoms with Crippen molar-refractivity contribution in [2.24, 2.45) is 7.05 Å². The minimum Gasteiger partial charge on any atom is -0.321 e. The molecule has 6 nitrogen and oxygen atoms in total. The average molecular weight is 307 g/mol. The summed E-state index contributed by atoms with van der Waals surface area (Å²) >= 11 is 0. The van der Waals surface area contributed by atoms with Crippen molar-refractivity contribution in [1.82, 2.24) is 19.7 Å². The lowest BCUT2D eigenvalue weighted by Gasteiger charge is -2.07. The van der Waals surface area contributed by atoms with Crippen LogP contribution in [0.4, 0.5) is 5.69 Å². The first-order valence-corrected chi connectivity index (χ1v) is 7.38. The van der Waals surface area contributed by atoms with Crippen LogP contribution in [0.1, 0.15) is 23.0 Å². The van der Waals surface area contributed by atoms with E-state index in [2.05, 4.69) is 20.5 Å². The number of aromatic nitrogens is 4. The van der Waals surface area contributed by atoms with Gasteiger partial charge in [0.15, 0.2) is 5.82 Å². The van der Waals surface area contributed by atoms with Crippen LogP contribution in [0, 0.1) is 0 Å². The molecule has 116 valence electrons. The average Bonchev–Trinajstić information content (AvgIpc) is 3.01. The Kier molecular flexibility index (Phi) is 4.14. The minimum absolute atomic E-state index is 0.216. The Morgan fingerprint density at radius 1 is 1.22 bits per heavy atom. The Balaban J connectivity index is 1.75. The van der Waals surface area contributed by atoms with Crippen LogP contribution in [0.5, 0.6) is 0 Å². The fourth-order valence-electron chi connectivity index (χ4n) is 2.26. The smallest absolute Gasteiger partial charge is 0.274 e. The third-order valence-electron chi connectivity index (χ3n) is 3.58. The molecular weight excluding hydrogens is 290 g/mol. The number of aryl methyl sites for hydroxylation is 2. The molecule has 0 saturated heterocycles. The molecule has 1 amide bonds. The van der Waals surface area contributed by atoms with E-state index in [-0.39, 0.29) is 5.91 Å². The Bertz CT molecular complexity index is 823. The summed E-state index contributed by atoms with van der Waals surface area (Å²) in [5.74, 6) is 0.562. The standard InChI is InChI=1S/C17H17N5O/c1-3-12-8-9-18-15(10-12)17(23)20-14-6-4-13(5-7-14)16-21-19-11-22(16)2/h4-11H,3H2,1-2H3,(H,20,23). The number of amides is 1. The predicted molar refractivity (Wildman–Crippen MR) is 88.0 cm³/mol. The molecular formula is C17H17N5O. The zero-order chi connectivity index (χ0) is 16.2. The van der Waals surface area contributed by atoms with E-state index in [9.17, 15) is 4.79 Å². The van der Waals surface area contributed by atoms with Crippen LogP contribution < -0.4 is 5.32 Å². The molecule has 0 aliphatic heterocycles. The van der Waals surface area contributed by atoms with Crippen LogP contribution in [-0.2, 0) is 13.5 Å². The molecule has 0 aliphatic rings. The molecule has 0 radical (unpaired) electrons. The van der Waals surface area contributed by atoms with Crippen molar-refractivity contribution in [3.05, 3.63) is 60.2 Å². The van der Waals surface area contributed by atoms with Crippen molar-refractivity contribution in [2.75, 3.05) is 5.32 Å². The monoisotopic (exact) mass is 307 g/mol. The largest absolute Gasteiger partial charge is 0.321 e. The number of anilines is 1. The third kappa shape index (κ3) is 3.26. The summed E-state index contributed by atoms with van der Waals surface area (Å²) in [7, 11) is 1.89. The van der Waals surface area contributed by atoms with Crippen LogP contribution in [0.2, 0.25) is 0 Å². The van der Waals surface area contributed by atoms with E-state index in [1.165, 1.54) is 0 Å². The molecule has 0 spiro atoms. The van der Waals surface area contributed by atoms with Gasteiger partial charge in [0.25, 0.3) is 5.91 Å². The van der Waals surface area contributed by atoms with Gasteiger partial charge in [-0.25, -0.2) is 0 Å². The molecule has 6 heteroatoms. The number of hydrogen-bond acceptors (Lipinski definition) is 4. The first-order chi connectivity index (χ1) is 11.2. The van der Waals surface area contributed by atoms with Crippen LogP contribution in [0.15, 0.2) is 48.9 Å². The van der Waals surface area contributed by atoms with Gasteiger partial charge in [0.1, 0.15) is 12.0 Å². The maximum Gasteiger partial charge on any atom is 0.274 e. The Labute approximate surface area is 134 Å². The molecule has 1 aromatic carbocycles. The Morgan fingerprint density at radius 2 is 2.00 bits per heavy atom. The van der Waals surface area contributed by atoms with Crippen LogP contribution in [0.25, 0.3) is 11.4 Å².